The van der Waals surface area contributed by atoms with E-state index in [2.05, 4.69) is 61.5 Å². The van der Waals surface area contributed by atoms with E-state index in [0.29, 0.717) is 5.56 Å². The Morgan fingerprint density at radius 3 is 1.70 bits per heavy atom. The standard InChI is InChI=1S/C26H22F2P.BrH/c1-2-29(21-11-5-3-6-12-21,22-13-7-4-8-14-22)26-16-10-9-15-23(26)20-17-18-24(27)25(28)19-20;/h3-19H,2H2,1H3;1H/q+1;/p-1. The van der Waals surface area contributed by atoms with Gasteiger partial charge >= 0.3 is 0 Å². The van der Waals surface area contributed by atoms with Gasteiger partial charge in [-0.25, -0.2) is 8.78 Å². The molecule has 4 aromatic rings. The highest BCUT2D eigenvalue weighted by Crippen LogP contribution is 2.56. The summed E-state index contributed by atoms with van der Waals surface area (Å²) in [5.74, 6) is -1.65. The fourth-order valence-electron chi connectivity index (χ4n) is 4.04. The van der Waals surface area contributed by atoms with E-state index < -0.39 is 18.9 Å². The maximum atomic E-state index is 14.1. The van der Waals surface area contributed by atoms with Crippen LogP contribution in [0.1, 0.15) is 6.92 Å². The molecule has 0 N–H and O–H groups in total. The van der Waals surface area contributed by atoms with Crippen molar-refractivity contribution >= 4 is 23.2 Å². The Labute approximate surface area is 187 Å². The van der Waals surface area contributed by atoms with Crippen LogP contribution in [0, 0.1) is 11.6 Å². The van der Waals surface area contributed by atoms with Crippen molar-refractivity contribution in [3.8, 4) is 11.1 Å². The lowest BCUT2D eigenvalue weighted by Crippen LogP contribution is -3.00. The van der Waals surface area contributed by atoms with Crippen LogP contribution in [0.4, 0.5) is 8.78 Å². The third kappa shape index (κ3) is 3.97. The predicted octanol–water partition coefficient (Wildman–Crippen LogP) is 2.95. The van der Waals surface area contributed by atoms with Gasteiger partial charge in [-0.2, -0.15) is 0 Å². The van der Waals surface area contributed by atoms with E-state index >= 15 is 0 Å². The summed E-state index contributed by atoms with van der Waals surface area (Å²) in [4.78, 5) is 0. The summed E-state index contributed by atoms with van der Waals surface area (Å²) >= 11 is 0. The minimum Gasteiger partial charge on any atom is -1.00 e. The summed E-state index contributed by atoms with van der Waals surface area (Å²) in [6.45, 7) is 2.22. The van der Waals surface area contributed by atoms with Crippen LogP contribution in [-0.4, -0.2) is 6.16 Å². The van der Waals surface area contributed by atoms with Crippen molar-refractivity contribution in [3.05, 3.63) is 115 Å². The lowest BCUT2D eigenvalue weighted by molar-refractivity contribution is -0.00000668. The Hall–Kier alpha value is -2.35. The zero-order valence-electron chi connectivity index (χ0n) is 16.6. The number of hydrogen-bond acceptors (Lipinski definition) is 0. The van der Waals surface area contributed by atoms with Gasteiger partial charge < -0.3 is 17.0 Å². The molecule has 0 aliphatic heterocycles. The van der Waals surface area contributed by atoms with E-state index in [1.165, 1.54) is 28.0 Å². The second kappa shape index (κ2) is 9.64. The van der Waals surface area contributed by atoms with E-state index in [4.69, 9.17) is 0 Å². The zero-order chi connectivity index (χ0) is 20.3. The summed E-state index contributed by atoms with van der Waals surface area (Å²) in [6.07, 6.45) is 0.932. The minimum absolute atomic E-state index is 0. The molecule has 0 saturated heterocycles. The molecular weight excluding hydrogens is 461 g/mol. The van der Waals surface area contributed by atoms with Crippen LogP contribution in [0.3, 0.4) is 0 Å². The van der Waals surface area contributed by atoms with E-state index in [-0.39, 0.29) is 17.0 Å². The number of halogens is 3. The molecule has 0 radical (unpaired) electrons. The highest BCUT2D eigenvalue weighted by atomic mass is 79.9. The highest BCUT2D eigenvalue weighted by molar-refractivity contribution is 7.95. The van der Waals surface area contributed by atoms with Crippen molar-refractivity contribution in [2.75, 3.05) is 6.16 Å². The molecule has 0 amide bonds. The second-order valence-electron chi connectivity index (χ2n) is 6.94. The monoisotopic (exact) mass is 482 g/mol. The zero-order valence-corrected chi connectivity index (χ0v) is 19.1. The predicted molar refractivity (Wildman–Crippen MR) is 121 cm³/mol. The molecule has 30 heavy (non-hydrogen) atoms. The first-order valence-electron chi connectivity index (χ1n) is 9.71. The first-order valence-corrected chi connectivity index (χ1v) is 11.7. The Morgan fingerprint density at radius 1 is 0.633 bits per heavy atom. The van der Waals surface area contributed by atoms with Gasteiger partial charge in [-0.3, -0.25) is 0 Å². The topological polar surface area (TPSA) is 0 Å². The summed E-state index contributed by atoms with van der Waals surface area (Å²) in [6, 6.07) is 33.4. The Morgan fingerprint density at radius 2 is 1.17 bits per heavy atom. The molecule has 0 fully saturated rings. The number of hydrogen-bond donors (Lipinski definition) is 0. The largest absolute Gasteiger partial charge is 1.00 e. The number of rotatable bonds is 5. The first-order chi connectivity index (χ1) is 14.2. The summed E-state index contributed by atoms with van der Waals surface area (Å²) < 4.78 is 27.6. The first kappa shape index (κ1) is 22.3. The maximum absolute atomic E-state index is 14.1. The van der Waals surface area contributed by atoms with Gasteiger partial charge in [0.15, 0.2) is 11.6 Å². The molecule has 0 aromatic heterocycles. The van der Waals surface area contributed by atoms with Gasteiger partial charge in [0.25, 0.3) is 0 Å². The molecule has 0 heterocycles. The van der Waals surface area contributed by atoms with Gasteiger partial charge in [0.05, 0.1) is 6.16 Å². The van der Waals surface area contributed by atoms with Crippen molar-refractivity contribution in [2.24, 2.45) is 0 Å². The maximum Gasteiger partial charge on any atom is 0.159 e. The van der Waals surface area contributed by atoms with Gasteiger partial charge in [-0.05, 0) is 55.0 Å². The molecule has 0 aliphatic carbocycles. The normalized spacial score (nSPS) is 11.0. The van der Waals surface area contributed by atoms with Crippen LogP contribution in [0.15, 0.2) is 103 Å². The smallest absolute Gasteiger partial charge is 0.159 e. The fraction of sp³-hybridized carbons (Fsp3) is 0.0769. The summed E-state index contributed by atoms with van der Waals surface area (Å²) in [7, 11) is -1.98. The van der Waals surface area contributed by atoms with E-state index in [1.807, 2.05) is 30.3 Å². The molecule has 0 bridgehead atoms. The molecule has 0 nitrogen and oxygen atoms in total. The van der Waals surface area contributed by atoms with Crippen LogP contribution in [0.2, 0.25) is 0 Å². The molecule has 0 aliphatic rings. The number of benzene rings is 4. The third-order valence-electron chi connectivity index (χ3n) is 5.41. The SMILES string of the molecule is CC[P+](c1ccccc1)(c1ccccc1)c1ccccc1-c1ccc(F)c(F)c1.[Br-]. The van der Waals surface area contributed by atoms with Crippen LogP contribution in [0.5, 0.6) is 0 Å². The van der Waals surface area contributed by atoms with Crippen molar-refractivity contribution in [2.45, 2.75) is 6.92 Å². The van der Waals surface area contributed by atoms with Gasteiger partial charge in [0, 0.05) is 5.56 Å². The molecule has 152 valence electrons. The average Bonchev–Trinajstić information content (AvgIpc) is 2.78. The van der Waals surface area contributed by atoms with Gasteiger partial charge in [0.1, 0.15) is 23.2 Å². The molecule has 0 unspecified atom stereocenters. The summed E-state index contributed by atoms with van der Waals surface area (Å²) in [5.41, 5.74) is 1.65. The molecular formula is C26H22BrF2P. The molecule has 0 saturated carbocycles. The Bertz CT molecular complexity index is 1070. The fourth-order valence-corrected chi connectivity index (χ4v) is 8.29. The Kier molecular flexibility index (Phi) is 7.18. The lowest BCUT2D eigenvalue weighted by Gasteiger charge is -2.28. The lowest BCUT2D eigenvalue weighted by atomic mass is 10.1. The van der Waals surface area contributed by atoms with Crippen molar-refractivity contribution in [1.82, 2.24) is 0 Å². The van der Waals surface area contributed by atoms with Crippen LogP contribution in [-0.2, 0) is 0 Å². The highest BCUT2D eigenvalue weighted by Gasteiger charge is 2.45. The van der Waals surface area contributed by atoms with Gasteiger partial charge in [-0.15, -0.1) is 0 Å². The van der Waals surface area contributed by atoms with Crippen LogP contribution >= 0.6 is 7.26 Å². The molecule has 0 spiro atoms. The Balaban J connectivity index is 0.00000256. The minimum atomic E-state index is -1.98. The van der Waals surface area contributed by atoms with Crippen molar-refractivity contribution in [1.29, 1.82) is 0 Å². The van der Waals surface area contributed by atoms with E-state index in [1.54, 1.807) is 6.07 Å². The van der Waals surface area contributed by atoms with E-state index in [9.17, 15) is 8.78 Å². The van der Waals surface area contributed by atoms with E-state index in [0.717, 1.165) is 11.7 Å². The van der Waals surface area contributed by atoms with Crippen molar-refractivity contribution in [3.63, 3.8) is 0 Å². The molecule has 4 aromatic carbocycles. The molecule has 0 atom stereocenters. The van der Waals surface area contributed by atoms with Gasteiger partial charge in [0.2, 0.25) is 0 Å². The summed E-state index contributed by atoms with van der Waals surface area (Å²) in [5, 5.41) is 3.75. The average molecular weight is 483 g/mol. The molecule has 4 rings (SSSR count). The van der Waals surface area contributed by atoms with Gasteiger partial charge in [-0.1, -0.05) is 60.7 Å². The van der Waals surface area contributed by atoms with Crippen LogP contribution in [0.25, 0.3) is 11.1 Å². The quantitative estimate of drug-likeness (QED) is 0.383. The second-order valence-corrected chi connectivity index (χ2v) is 10.7. The van der Waals surface area contributed by atoms with Crippen LogP contribution < -0.4 is 32.9 Å². The van der Waals surface area contributed by atoms with Crippen molar-refractivity contribution < 1.29 is 25.8 Å². The molecule has 4 heteroatoms. The third-order valence-corrected chi connectivity index (χ3v) is 9.93.